The average molecular weight is 249 g/mol. The molecule has 0 aromatic carbocycles. The van der Waals surface area contributed by atoms with Gasteiger partial charge in [0.1, 0.15) is 0 Å². The Balaban J connectivity index is 1.94. The van der Waals surface area contributed by atoms with Crippen molar-refractivity contribution in [3.05, 3.63) is 0 Å². The third kappa shape index (κ3) is 2.40. The first kappa shape index (κ1) is 12.3. The molecule has 0 N–H and O–H groups in total. The molecule has 0 aliphatic carbocycles. The van der Waals surface area contributed by atoms with Gasteiger partial charge in [-0.05, 0) is 6.42 Å². The van der Waals surface area contributed by atoms with Gasteiger partial charge in [0.2, 0.25) is 10.0 Å². The molecule has 0 aromatic heterocycles. The zero-order valence-corrected chi connectivity index (χ0v) is 10.5. The van der Waals surface area contributed by atoms with E-state index in [1.807, 2.05) is 6.92 Å². The van der Waals surface area contributed by atoms with Crippen molar-refractivity contribution >= 4 is 10.0 Å². The van der Waals surface area contributed by atoms with Crippen LogP contribution in [-0.2, 0) is 19.5 Å². The number of hydrogen-bond donors (Lipinski definition) is 0. The Bertz CT molecular complexity index is 325. The molecule has 2 aliphatic heterocycles. The molecule has 16 heavy (non-hydrogen) atoms. The van der Waals surface area contributed by atoms with E-state index < -0.39 is 15.8 Å². The molecule has 2 aliphatic rings. The van der Waals surface area contributed by atoms with Crippen molar-refractivity contribution in [1.82, 2.24) is 4.31 Å². The summed E-state index contributed by atoms with van der Waals surface area (Å²) in [7, 11) is -3.06. The van der Waals surface area contributed by atoms with Crippen LogP contribution in [-0.4, -0.2) is 50.6 Å². The van der Waals surface area contributed by atoms with Gasteiger partial charge in [-0.3, -0.25) is 0 Å². The minimum atomic E-state index is -3.06. The van der Waals surface area contributed by atoms with Crippen LogP contribution in [0.25, 0.3) is 0 Å². The summed E-state index contributed by atoms with van der Waals surface area (Å²) in [6.07, 6.45) is 1.96. The molecule has 2 heterocycles. The number of piperidine rings is 1. The van der Waals surface area contributed by atoms with Crippen LogP contribution in [0.3, 0.4) is 0 Å². The van der Waals surface area contributed by atoms with Gasteiger partial charge in [0, 0.05) is 25.9 Å². The van der Waals surface area contributed by atoms with Gasteiger partial charge in [-0.25, -0.2) is 12.7 Å². The molecule has 2 fully saturated rings. The Labute approximate surface area is 96.8 Å². The van der Waals surface area contributed by atoms with Crippen LogP contribution in [0.4, 0.5) is 0 Å². The van der Waals surface area contributed by atoms with Gasteiger partial charge in [-0.2, -0.15) is 0 Å². The highest BCUT2D eigenvalue weighted by molar-refractivity contribution is 7.89. The maximum absolute atomic E-state index is 11.8. The molecule has 0 amide bonds. The number of rotatable bonds is 3. The molecule has 2 rings (SSSR count). The molecule has 6 heteroatoms. The Morgan fingerprint density at radius 1 is 1.19 bits per heavy atom. The van der Waals surface area contributed by atoms with Crippen molar-refractivity contribution in [2.45, 2.75) is 32.0 Å². The second-order valence-electron chi connectivity index (χ2n) is 4.32. The molecular weight excluding hydrogens is 230 g/mol. The summed E-state index contributed by atoms with van der Waals surface area (Å²) in [5.74, 6) is -0.250. The fraction of sp³-hybridized carbons (Fsp3) is 1.00. The van der Waals surface area contributed by atoms with E-state index in [1.165, 1.54) is 0 Å². The molecule has 0 saturated carbocycles. The maximum atomic E-state index is 11.8. The van der Waals surface area contributed by atoms with Crippen LogP contribution < -0.4 is 0 Å². The first-order valence-electron chi connectivity index (χ1n) is 5.84. The van der Waals surface area contributed by atoms with Gasteiger partial charge in [-0.15, -0.1) is 0 Å². The van der Waals surface area contributed by atoms with E-state index in [0.717, 1.165) is 0 Å². The summed E-state index contributed by atoms with van der Waals surface area (Å²) in [4.78, 5) is 0. The zero-order chi connectivity index (χ0) is 11.6. The Kier molecular flexibility index (Phi) is 3.53. The minimum absolute atomic E-state index is 0.238. The van der Waals surface area contributed by atoms with Gasteiger partial charge in [0.05, 0.1) is 19.0 Å². The van der Waals surface area contributed by atoms with Crippen LogP contribution in [0.15, 0.2) is 0 Å². The number of sulfonamides is 1. The van der Waals surface area contributed by atoms with Crippen LogP contribution in [0.1, 0.15) is 26.2 Å². The molecule has 0 bridgehead atoms. The zero-order valence-electron chi connectivity index (χ0n) is 9.65. The van der Waals surface area contributed by atoms with Crippen molar-refractivity contribution in [3.63, 3.8) is 0 Å². The largest absolute Gasteiger partial charge is 0.347 e. The highest BCUT2D eigenvalue weighted by Crippen LogP contribution is 2.32. The molecule has 94 valence electrons. The molecule has 1 spiro atoms. The van der Waals surface area contributed by atoms with Crippen LogP contribution >= 0.6 is 0 Å². The van der Waals surface area contributed by atoms with Crippen molar-refractivity contribution in [3.8, 4) is 0 Å². The summed E-state index contributed by atoms with van der Waals surface area (Å²) in [5, 5.41) is 0. The molecule has 5 nitrogen and oxygen atoms in total. The van der Waals surface area contributed by atoms with Crippen LogP contribution in [0, 0.1) is 0 Å². The third-order valence-corrected chi connectivity index (χ3v) is 5.23. The van der Waals surface area contributed by atoms with E-state index in [0.29, 0.717) is 45.6 Å². The number of nitrogens with zero attached hydrogens (tertiary/aromatic N) is 1. The fourth-order valence-electron chi connectivity index (χ4n) is 2.28. The van der Waals surface area contributed by atoms with E-state index in [4.69, 9.17) is 9.47 Å². The van der Waals surface area contributed by atoms with Crippen molar-refractivity contribution in [2.24, 2.45) is 0 Å². The normalized spacial score (nSPS) is 26.3. The van der Waals surface area contributed by atoms with Crippen LogP contribution in [0.2, 0.25) is 0 Å². The van der Waals surface area contributed by atoms with Gasteiger partial charge in [0.15, 0.2) is 5.79 Å². The number of hydrogen-bond acceptors (Lipinski definition) is 4. The Morgan fingerprint density at radius 2 is 1.75 bits per heavy atom. The van der Waals surface area contributed by atoms with Crippen LogP contribution in [0.5, 0.6) is 0 Å². The molecule has 0 aromatic rings. The molecule has 0 unspecified atom stereocenters. The summed E-state index contributed by atoms with van der Waals surface area (Å²) in [5.41, 5.74) is 0. The summed E-state index contributed by atoms with van der Waals surface area (Å²) >= 11 is 0. The minimum Gasteiger partial charge on any atom is -0.347 e. The van der Waals surface area contributed by atoms with E-state index in [1.54, 1.807) is 4.31 Å². The van der Waals surface area contributed by atoms with E-state index in [2.05, 4.69) is 0 Å². The van der Waals surface area contributed by atoms with Gasteiger partial charge in [0.25, 0.3) is 0 Å². The van der Waals surface area contributed by atoms with Gasteiger partial charge >= 0.3 is 0 Å². The predicted octanol–water partition coefficient (Wildman–Crippen LogP) is 0.565. The maximum Gasteiger partial charge on any atom is 0.214 e. The highest BCUT2D eigenvalue weighted by atomic mass is 32.2. The molecule has 2 saturated heterocycles. The van der Waals surface area contributed by atoms with E-state index in [-0.39, 0.29) is 5.75 Å². The van der Waals surface area contributed by atoms with E-state index in [9.17, 15) is 8.42 Å². The summed E-state index contributed by atoms with van der Waals surface area (Å²) in [6, 6.07) is 0. The summed E-state index contributed by atoms with van der Waals surface area (Å²) in [6.45, 7) is 4.17. The van der Waals surface area contributed by atoms with Gasteiger partial charge in [-0.1, -0.05) is 6.92 Å². The predicted molar refractivity (Wildman–Crippen MR) is 59.5 cm³/mol. The number of ether oxygens (including phenoxy) is 2. The highest BCUT2D eigenvalue weighted by Gasteiger charge is 2.41. The smallest absolute Gasteiger partial charge is 0.214 e. The van der Waals surface area contributed by atoms with Gasteiger partial charge < -0.3 is 9.47 Å². The standard InChI is InChI=1S/C10H19NO4S/c1-2-9-16(12,13)11-5-3-10(4-6-11)14-7-8-15-10/h2-9H2,1H3. The SMILES string of the molecule is CCCS(=O)(=O)N1CCC2(CC1)OCCO2. The Morgan fingerprint density at radius 3 is 2.25 bits per heavy atom. The lowest BCUT2D eigenvalue weighted by Crippen LogP contribution is -2.47. The Hall–Kier alpha value is -0.170. The average Bonchev–Trinajstić information content (AvgIpc) is 2.67. The van der Waals surface area contributed by atoms with Crippen molar-refractivity contribution in [2.75, 3.05) is 32.1 Å². The topological polar surface area (TPSA) is 55.8 Å². The molecule has 0 radical (unpaired) electrons. The molecule has 0 atom stereocenters. The van der Waals surface area contributed by atoms with Crippen molar-refractivity contribution in [1.29, 1.82) is 0 Å². The first-order valence-corrected chi connectivity index (χ1v) is 7.45. The van der Waals surface area contributed by atoms with E-state index >= 15 is 0 Å². The van der Waals surface area contributed by atoms with Crippen molar-refractivity contribution < 1.29 is 17.9 Å². The summed E-state index contributed by atoms with van der Waals surface area (Å²) < 4.78 is 36.3. The fourth-order valence-corrected chi connectivity index (χ4v) is 3.79. The molecular formula is C10H19NO4S. The third-order valence-electron chi connectivity index (χ3n) is 3.15. The second kappa shape index (κ2) is 4.60. The second-order valence-corrected chi connectivity index (χ2v) is 6.41. The monoisotopic (exact) mass is 249 g/mol. The lowest BCUT2D eigenvalue weighted by atomic mass is 10.1. The lowest BCUT2D eigenvalue weighted by molar-refractivity contribution is -0.179. The lowest BCUT2D eigenvalue weighted by Gasteiger charge is -2.36. The quantitative estimate of drug-likeness (QED) is 0.733. The first-order chi connectivity index (χ1) is 7.58.